The van der Waals surface area contributed by atoms with E-state index < -0.39 is 5.69 Å². The Morgan fingerprint density at radius 1 is 1.03 bits per heavy atom. The number of ether oxygens (including phenoxy) is 1. The molecule has 7 heteroatoms. The molecule has 0 aliphatic carbocycles. The summed E-state index contributed by atoms with van der Waals surface area (Å²) >= 11 is 5.97. The first-order chi connectivity index (χ1) is 14.4. The Balaban J connectivity index is 2.10. The van der Waals surface area contributed by atoms with E-state index in [1.54, 1.807) is 43.5 Å². The summed E-state index contributed by atoms with van der Waals surface area (Å²) in [6.07, 6.45) is 0. The zero-order chi connectivity index (χ0) is 21.4. The van der Waals surface area contributed by atoms with E-state index in [4.69, 9.17) is 16.3 Å². The van der Waals surface area contributed by atoms with Crippen molar-refractivity contribution in [3.63, 3.8) is 0 Å². The lowest BCUT2D eigenvalue weighted by Crippen LogP contribution is -2.40. The van der Waals surface area contributed by atoms with Gasteiger partial charge in [0.1, 0.15) is 5.75 Å². The Morgan fingerprint density at radius 2 is 1.73 bits per heavy atom. The van der Waals surface area contributed by atoms with Crippen LogP contribution in [0.3, 0.4) is 0 Å². The number of methoxy groups -OCH3 is 1. The topological polar surface area (TPSA) is 66.1 Å². The summed E-state index contributed by atoms with van der Waals surface area (Å²) in [6.45, 7) is 3.80. The van der Waals surface area contributed by atoms with E-state index in [0.717, 1.165) is 16.8 Å². The van der Waals surface area contributed by atoms with Crippen molar-refractivity contribution in [3.8, 4) is 11.4 Å². The van der Waals surface area contributed by atoms with Crippen molar-refractivity contribution in [3.05, 3.63) is 97.3 Å². The van der Waals surface area contributed by atoms with Crippen LogP contribution in [0.1, 0.15) is 16.8 Å². The minimum Gasteiger partial charge on any atom is -0.495 e. The van der Waals surface area contributed by atoms with Gasteiger partial charge in [0.25, 0.3) is 5.56 Å². The molecule has 0 aliphatic rings. The van der Waals surface area contributed by atoms with Gasteiger partial charge in [0.15, 0.2) is 5.65 Å². The van der Waals surface area contributed by atoms with Crippen LogP contribution in [0.2, 0.25) is 5.02 Å². The van der Waals surface area contributed by atoms with Crippen molar-refractivity contribution in [2.45, 2.75) is 20.4 Å². The van der Waals surface area contributed by atoms with Crippen LogP contribution >= 0.6 is 11.6 Å². The average Bonchev–Trinajstić information content (AvgIpc) is 2.72. The minimum atomic E-state index is -0.482. The van der Waals surface area contributed by atoms with Gasteiger partial charge in [-0.25, -0.2) is 14.3 Å². The van der Waals surface area contributed by atoms with Crippen LogP contribution in [0.4, 0.5) is 0 Å². The summed E-state index contributed by atoms with van der Waals surface area (Å²) in [4.78, 5) is 31.5. The molecule has 152 valence electrons. The van der Waals surface area contributed by atoms with E-state index in [-0.39, 0.29) is 12.1 Å². The van der Waals surface area contributed by atoms with E-state index in [9.17, 15) is 9.59 Å². The Labute approximate surface area is 178 Å². The summed E-state index contributed by atoms with van der Waals surface area (Å²) < 4.78 is 8.15. The maximum absolute atomic E-state index is 13.6. The van der Waals surface area contributed by atoms with E-state index in [1.807, 2.05) is 32.0 Å². The highest BCUT2D eigenvalue weighted by Crippen LogP contribution is 2.24. The quantitative estimate of drug-likeness (QED) is 0.501. The molecule has 0 amide bonds. The normalized spacial score (nSPS) is 11.1. The van der Waals surface area contributed by atoms with Gasteiger partial charge in [0, 0.05) is 10.7 Å². The predicted octanol–water partition coefficient (Wildman–Crippen LogP) is 3.87. The number of hydrogen-bond acceptors (Lipinski definition) is 4. The van der Waals surface area contributed by atoms with Crippen molar-refractivity contribution >= 4 is 22.6 Å². The van der Waals surface area contributed by atoms with E-state index in [1.165, 1.54) is 9.13 Å². The van der Waals surface area contributed by atoms with Gasteiger partial charge in [-0.3, -0.25) is 9.36 Å². The van der Waals surface area contributed by atoms with Crippen molar-refractivity contribution in [1.82, 2.24) is 14.1 Å². The lowest BCUT2D eigenvalue weighted by Gasteiger charge is -2.17. The number of fused-ring (bicyclic) bond motifs is 1. The highest BCUT2D eigenvalue weighted by atomic mass is 35.5. The molecular weight excluding hydrogens is 402 g/mol. The molecule has 2 aromatic heterocycles. The third-order valence-corrected chi connectivity index (χ3v) is 5.25. The zero-order valence-corrected chi connectivity index (χ0v) is 17.6. The average molecular weight is 422 g/mol. The minimum absolute atomic E-state index is 0.118. The number of benzene rings is 2. The number of hydrogen-bond donors (Lipinski definition) is 0. The van der Waals surface area contributed by atoms with Crippen LogP contribution in [0, 0.1) is 13.8 Å². The molecule has 6 nitrogen and oxygen atoms in total. The maximum Gasteiger partial charge on any atom is 0.337 e. The monoisotopic (exact) mass is 421 g/mol. The lowest BCUT2D eigenvalue weighted by molar-refractivity contribution is 0.412. The molecule has 0 radical (unpaired) electrons. The molecule has 0 spiro atoms. The Hall–Kier alpha value is -3.38. The number of aryl methyl sites for hydroxylation is 2. The fourth-order valence-electron chi connectivity index (χ4n) is 3.62. The number of pyridine rings is 1. The van der Waals surface area contributed by atoms with Crippen molar-refractivity contribution in [2.24, 2.45) is 0 Å². The Bertz CT molecular complexity index is 1370. The van der Waals surface area contributed by atoms with Crippen LogP contribution in [0.5, 0.6) is 5.75 Å². The summed E-state index contributed by atoms with van der Waals surface area (Å²) in [5.41, 5.74) is 2.26. The van der Waals surface area contributed by atoms with Crippen LogP contribution in [0.25, 0.3) is 16.7 Å². The molecule has 4 rings (SSSR count). The van der Waals surface area contributed by atoms with Gasteiger partial charge in [-0.05, 0) is 55.3 Å². The molecule has 30 heavy (non-hydrogen) atoms. The van der Waals surface area contributed by atoms with Crippen molar-refractivity contribution in [1.29, 1.82) is 0 Å². The first-order valence-corrected chi connectivity index (χ1v) is 9.80. The number of para-hydroxylation sites is 2. The van der Waals surface area contributed by atoms with Crippen LogP contribution in [0.15, 0.2) is 64.2 Å². The van der Waals surface area contributed by atoms with Gasteiger partial charge >= 0.3 is 5.69 Å². The highest BCUT2D eigenvalue weighted by Gasteiger charge is 2.20. The standard InChI is InChI=1S/C23H20ClN3O3/c1-14-12-15(2)25-21-20(14)22(28)26(13-16-8-10-17(24)11-9-16)23(29)27(21)18-6-4-5-7-19(18)30-3/h4-12H,13H2,1-3H3. The third-order valence-electron chi connectivity index (χ3n) is 5.00. The fourth-order valence-corrected chi connectivity index (χ4v) is 3.75. The summed E-state index contributed by atoms with van der Waals surface area (Å²) in [7, 11) is 1.54. The SMILES string of the molecule is COc1ccccc1-n1c(=O)n(Cc2ccc(Cl)cc2)c(=O)c2c(C)cc(C)nc21. The largest absolute Gasteiger partial charge is 0.495 e. The first kappa shape index (κ1) is 19.9. The highest BCUT2D eigenvalue weighted by molar-refractivity contribution is 6.30. The van der Waals surface area contributed by atoms with Gasteiger partial charge in [-0.1, -0.05) is 35.9 Å². The molecule has 0 unspecified atom stereocenters. The lowest BCUT2D eigenvalue weighted by atomic mass is 10.1. The molecule has 0 N–H and O–H groups in total. The van der Waals surface area contributed by atoms with Crippen LogP contribution < -0.4 is 16.0 Å². The zero-order valence-electron chi connectivity index (χ0n) is 16.8. The van der Waals surface area contributed by atoms with Crippen LogP contribution in [-0.2, 0) is 6.54 Å². The number of rotatable bonds is 4. The third kappa shape index (κ3) is 3.39. The molecule has 2 aromatic carbocycles. The smallest absolute Gasteiger partial charge is 0.337 e. The first-order valence-electron chi connectivity index (χ1n) is 9.42. The molecule has 2 heterocycles. The number of aromatic nitrogens is 3. The summed E-state index contributed by atoms with van der Waals surface area (Å²) in [5.74, 6) is 0.513. The van der Waals surface area contributed by atoms with Crippen molar-refractivity contribution in [2.75, 3.05) is 7.11 Å². The van der Waals surface area contributed by atoms with Crippen molar-refractivity contribution < 1.29 is 4.74 Å². The summed E-state index contributed by atoms with van der Waals surface area (Å²) in [5, 5.41) is 0.992. The predicted molar refractivity (Wildman–Crippen MR) is 118 cm³/mol. The molecule has 0 atom stereocenters. The number of nitrogens with zero attached hydrogens (tertiary/aromatic N) is 3. The van der Waals surface area contributed by atoms with Gasteiger partial charge in [-0.2, -0.15) is 0 Å². The van der Waals surface area contributed by atoms with Gasteiger partial charge < -0.3 is 4.74 Å². The molecule has 0 fully saturated rings. The van der Waals surface area contributed by atoms with Gasteiger partial charge in [-0.15, -0.1) is 0 Å². The molecule has 0 saturated carbocycles. The van der Waals surface area contributed by atoms with E-state index >= 15 is 0 Å². The van der Waals surface area contributed by atoms with E-state index in [0.29, 0.717) is 27.5 Å². The van der Waals surface area contributed by atoms with Crippen LogP contribution in [-0.4, -0.2) is 21.2 Å². The molecule has 0 bridgehead atoms. The Morgan fingerprint density at radius 3 is 2.43 bits per heavy atom. The summed E-state index contributed by atoms with van der Waals surface area (Å²) in [6, 6.07) is 16.1. The maximum atomic E-state index is 13.6. The Kier molecular flexibility index (Phi) is 5.18. The molecular formula is C23H20ClN3O3. The number of halogens is 1. The second kappa shape index (κ2) is 7.80. The van der Waals surface area contributed by atoms with Gasteiger partial charge in [0.2, 0.25) is 0 Å². The van der Waals surface area contributed by atoms with E-state index in [2.05, 4.69) is 4.98 Å². The second-order valence-corrected chi connectivity index (χ2v) is 7.52. The molecule has 0 aliphatic heterocycles. The fraction of sp³-hybridized carbons (Fsp3) is 0.174. The molecule has 4 aromatic rings. The second-order valence-electron chi connectivity index (χ2n) is 7.09. The van der Waals surface area contributed by atoms with Gasteiger partial charge in [0.05, 0.1) is 24.7 Å². The molecule has 0 saturated heterocycles.